The van der Waals surface area contributed by atoms with Gasteiger partial charge in [-0.25, -0.2) is 36.8 Å². The van der Waals surface area contributed by atoms with Gasteiger partial charge in [-0.3, -0.25) is 37.8 Å². The molecule has 4 N–H and O–H groups in total. The van der Waals surface area contributed by atoms with Gasteiger partial charge < -0.3 is 20.1 Å². The first-order valence-electron chi connectivity index (χ1n) is 23.2. The van der Waals surface area contributed by atoms with Crippen molar-refractivity contribution in [3.63, 3.8) is 0 Å². The summed E-state index contributed by atoms with van der Waals surface area (Å²) in [5, 5.41) is 5.99. The van der Waals surface area contributed by atoms with Gasteiger partial charge in [0.25, 0.3) is 31.2 Å². The zero-order valence-corrected chi connectivity index (χ0v) is 45.4. The van der Waals surface area contributed by atoms with Crippen LogP contribution in [0.3, 0.4) is 0 Å². The van der Waals surface area contributed by atoms with E-state index in [1.807, 2.05) is 0 Å². The molecule has 76 heavy (non-hydrogen) atoms. The normalized spacial score (nSPS) is 12.2. The second-order valence-corrected chi connectivity index (χ2v) is 21.7. The van der Waals surface area contributed by atoms with Crippen LogP contribution in [0, 0.1) is 25.7 Å². The molecule has 396 valence electrons. The molecule has 0 saturated heterocycles. The quantitative estimate of drug-likeness (QED) is 0.0744. The van der Waals surface area contributed by atoms with Crippen molar-refractivity contribution in [1.29, 1.82) is 0 Å². The molecule has 4 aromatic carbocycles. The van der Waals surface area contributed by atoms with Crippen molar-refractivity contribution in [3.05, 3.63) is 152 Å². The third-order valence-electron chi connectivity index (χ3n) is 12.0. The molecule has 0 unspecified atom stereocenters. The lowest BCUT2D eigenvalue weighted by Crippen LogP contribution is -2.32. The summed E-state index contributed by atoms with van der Waals surface area (Å²) < 4.78 is 70.9. The van der Waals surface area contributed by atoms with Crippen molar-refractivity contribution >= 4 is 88.2 Å². The molecule has 8 aromatic rings. The van der Waals surface area contributed by atoms with Gasteiger partial charge >= 0.3 is 0 Å². The molecular formula is C52H52Cl2N10O10S2. The molecule has 0 aliphatic carbocycles. The number of hydrogen-bond donors (Lipinski definition) is 4. The van der Waals surface area contributed by atoms with Crippen LogP contribution in [0.1, 0.15) is 25.0 Å². The summed E-state index contributed by atoms with van der Waals surface area (Å²) in [7, 11) is -2.29. The van der Waals surface area contributed by atoms with E-state index in [-0.39, 0.29) is 79.0 Å². The Morgan fingerprint density at radius 2 is 0.947 bits per heavy atom. The maximum atomic E-state index is 13.2. The fraction of sp³-hybridized carbons (Fsp3) is 0.231. The van der Waals surface area contributed by atoms with Gasteiger partial charge in [-0.15, -0.1) is 0 Å². The largest absolute Gasteiger partial charge is 0.480 e. The second kappa shape index (κ2) is 23.3. The third-order valence-corrected chi connectivity index (χ3v) is 15.7. The number of fused-ring (bicyclic) bond motifs is 2. The zero-order valence-electron chi connectivity index (χ0n) is 42.3. The maximum absolute atomic E-state index is 13.2. The molecule has 0 aliphatic heterocycles. The molecule has 2 amide bonds. The SMILES string of the molecule is CNC(=O)[C@@H](C)Cn1cnc2ccc(-c3cnc(OC)c(NS(=O)(=O)c4cc(C)ccc4Cl)c3)cc2c1=O.CNC(=O)[C@H](C)Cn1cnc2ccc(-c3cnc(OC)c(NS(=O)(=O)c4cc(C)ccc4Cl)c3)cc2c1=O. The Morgan fingerprint density at radius 3 is 1.30 bits per heavy atom. The van der Waals surface area contributed by atoms with E-state index in [0.29, 0.717) is 44.1 Å². The summed E-state index contributed by atoms with van der Waals surface area (Å²) in [6.07, 6.45) is 5.87. The van der Waals surface area contributed by atoms with Crippen molar-refractivity contribution in [2.45, 2.75) is 50.6 Å². The predicted molar refractivity (Wildman–Crippen MR) is 292 cm³/mol. The van der Waals surface area contributed by atoms with E-state index in [1.165, 1.54) is 72.7 Å². The minimum atomic E-state index is -4.06. The van der Waals surface area contributed by atoms with Gasteiger partial charge in [0.1, 0.15) is 21.2 Å². The van der Waals surface area contributed by atoms with Crippen molar-refractivity contribution in [2.75, 3.05) is 37.8 Å². The minimum absolute atomic E-state index is 0.0640. The molecule has 2 atom stereocenters. The summed E-state index contributed by atoms with van der Waals surface area (Å²) in [6, 6.07) is 22.8. The van der Waals surface area contributed by atoms with Crippen LogP contribution >= 0.6 is 23.2 Å². The maximum Gasteiger partial charge on any atom is 0.263 e. The number of ether oxygens (including phenoxy) is 2. The Hall–Kier alpha value is -7.92. The van der Waals surface area contributed by atoms with E-state index in [1.54, 1.807) is 102 Å². The first kappa shape index (κ1) is 55.8. The first-order valence-corrected chi connectivity index (χ1v) is 26.9. The molecule has 4 aromatic heterocycles. The van der Waals surface area contributed by atoms with Gasteiger partial charge in [-0.2, -0.15) is 0 Å². The lowest BCUT2D eigenvalue weighted by atomic mass is 10.0. The molecule has 0 bridgehead atoms. The van der Waals surface area contributed by atoms with Crippen LogP contribution in [0.5, 0.6) is 11.8 Å². The van der Waals surface area contributed by atoms with E-state index in [9.17, 15) is 36.0 Å². The standard InChI is InChI=1S/2C26H26ClN5O5S/c2*1-15-5-7-20(27)23(9-15)38(35,36)31-22-11-18(12-29-25(22)37-4)17-6-8-21-19(10-17)26(34)32(14-30-21)13-16(2)24(33)28-3/h2*5-12,14,16,31H,13H2,1-4H3,(H,28,33)/t2*16-/m10/s1. The summed E-state index contributed by atoms with van der Waals surface area (Å²) in [6.45, 7) is 7.31. The fourth-order valence-corrected chi connectivity index (χ4v) is 11.2. The van der Waals surface area contributed by atoms with Crippen LogP contribution in [-0.4, -0.2) is 86.0 Å². The summed E-state index contributed by atoms with van der Waals surface area (Å²) in [5.41, 5.74) is 4.32. The third kappa shape index (κ3) is 12.4. The number of hydrogen-bond acceptors (Lipinski definition) is 14. The van der Waals surface area contributed by atoms with Crippen LogP contribution in [-0.2, 0) is 42.7 Å². The highest BCUT2D eigenvalue weighted by molar-refractivity contribution is 7.93. The topological polar surface area (TPSA) is 265 Å². The number of carbonyl (C=O) groups excluding carboxylic acids is 2. The van der Waals surface area contributed by atoms with E-state index in [4.69, 9.17) is 32.7 Å². The summed E-state index contributed by atoms with van der Waals surface area (Å²) in [5.74, 6) is -1.09. The molecule has 8 rings (SSSR count). The Labute approximate surface area is 447 Å². The molecule has 0 saturated carbocycles. The van der Waals surface area contributed by atoms with Crippen LogP contribution < -0.4 is 40.7 Å². The molecule has 0 fully saturated rings. The second-order valence-electron chi connectivity index (χ2n) is 17.5. The van der Waals surface area contributed by atoms with E-state index >= 15 is 0 Å². The number of benzene rings is 4. The summed E-state index contributed by atoms with van der Waals surface area (Å²) in [4.78, 5) is 67.3. The monoisotopic (exact) mass is 1110 g/mol. The van der Waals surface area contributed by atoms with Crippen molar-refractivity contribution in [2.24, 2.45) is 11.8 Å². The van der Waals surface area contributed by atoms with Crippen molar-refractivity contribution in [3.8, 4) is 34.0 Å². The average molecular weight is 1110 g/mol. The Bertz CT molecular complexity index is 3660. The van der Waals surface area contributed by atoms with Gasteiger partial charge in [0.05, 0.1) is 70.6 Å². The fourth-order valence-electron chi connectivity index (χ4n) is 7.91. The number of anilines is 2. The Balaban J connectivity index is 0.000000221. The van der Waals surface area contributed by atoms with Gasteiger partial charge in [-0.1, -0.05) is 61.3 Å². The number of carbonyl (C=O) groups is 2. The number of nitrogens with zero attached hydrogens (tertiary/aromatic N) is 6. The van der Waals surface area contributed by atoms with Crippen LogP contribution in [0.4, 0.5) is 11.4 Å². The number of aromatic nitrogens is 6. The number of amides is 2. The van der Waals surface area contributed by atoms with E-state index < -0.39 is 31.9 Å². The number of aryl methyl sites for hydroxylation is 2. The molecule has 20 nitrogen and oxygen atoms in total. The number of rotatable bonds is 16. The van der Waals surface area contributed by atoms with Gasteiger partial charge in [-0.05, 0) is 96.8 Å². The molecule has 4 heterocycles. The Kier molecular flexibility index (Phi) is 17.1. The lowest BCUT2D eigenvalue weighted by molar-refractivity contribution is -0.125. The first-order chi connectivity index (χ1) is 36.1. The molecule has 24 heteroatoms. The van der Waals surface area contributed by atoms with E-state index in [0.717, 1.165) is 11.1 Å². The average Bonchev–Trinajstić information content (AvgIpc) is 3.41. The highest BCUT2D eigenvalue weighted by atomic mass is 35.5. The van der Waals surface area contributed by atoms with Gasteiger partial charge in [0, 0.05) is 50.7 Å². The van der Waals surface area contributed by atoms with Crippen LogP contribution in [0.25, 0.3) is 44.1 Å². The molecule has 0 aliphatic rings. The minimum Gasteiger partial charge on any atom is -0.480 e. The van der Waals surface area contributed by atoms with E-state index in [2.05, 4.69) is 40.0 Å². The molecule has 0 radical (unpaired) electrons. The number of sulfonamides is 2. The van der Waals surface area contributed by atoms with Crippen molar-refractivity contribution < 1.29 is 35.9 Å². The van der Waals surface area contributed by atoms with Gasteiger partial charge in [0.2, 0.25) is 23.6 Å². The van der Waals surface area contributed by atoms with Crippen LogP contribution in [0.15, 0.2) is 129 Å². The zero-order chi connectivity index (χ0) is 55.2. The smallest absolute Gasteiger partial charge is 0.263 e. The van der Waals surface area contributed by atoms with Crippen LogP contribution in [0.2, 0.25) is 10.0 Å². The number of methoxy groups -OCH3 is 2. The Morgan fingerprint density at radius 1 is 0.566 bits per heavy atom. The number of halogens is 2. The molecular weight excluding hydrogens is 1060 g/mol. The summed E-state index contributed by atoms with van der Waals surface area (Å²) >= 11 is 12.3. The number of nitrogens with one attached hydrogen (secondary N) is 4. The van der Waals surface area contributed by atoms with Gasteiger partial charge in [0.15, 0.2) is 0 Å². The highest BCUT2D eigenvalue weighted by Gasteiger charge is 2.24. The highest BCUT2D eigenvalue weighted by Crippen LogP contribution is 2.34. The number of pyridine rings is 2. The van der Waals surface area contributed by atoms with Crippen molar-refractivity contribution in [1.82, 2.24) is 39.7 Å². The predicted octanol–water partition coefficient (Wildman–Crippen LogP) is 7.22. The molecule has 0 spiro atoms. The lowest BCUT2D eigenvalue weighted by Gasteiger charge is -2.14.